The molecule has 0 radical (unpaired) electrons. The number of alkyl halides is 3. The first-order chi connectivity index (χ1) is 20.2. The average Bonchev–Trinajstić information content (AvgIpc) is 3.53. The molecule has 11 heteroatoms. The third-order valence-electron chi connectivity index (χ3n) is 7.17. The highest BCUT2D eigenvalue weighted by Gasteiger charge is 2.34. The second kappa shape index (κ2) is 12.8. The van der Waals surface area contributed by atoms with Crippen molar-refractivity contribution in [2.24, 2.45) is 0 Å². The Labute approximate surface area is 246 Å². The summed E-state index contributed by atoms with van der Waals surface area (Å²) in [6.07, 6.45) is -1.44. The fourth-order valence-corrected chi connectivity index (χ4v) is 5.56. The van der Waals surface area contributed by atoms with Crippen LogP contribution in [0.15, 0.2) is 78.4 Å². The fraction of sp³-hybridized carbons (Fsp3) is 0.258. The van der Waals surface area contributed by atoms with Gasteiger partial charge in [-0.15, -0.1) is 11.3 Å². The van der Waals surface area contributed by atoms with Gasteiger partial charge in [-0.2, -0.15) is 13.2 Å². The van der Waals surface area contributed by atoms with Crippen molar-refractivity contribution in [2.75, 3.05) is 43.4 Å². The number of benzene rings is 2. The van der Waals surface area contributed by atoms with E-state index >= 15 is 0 Å². The van der Waals surface area contributed by atoms with Crippen LogP contribution < -0.4 is 10.6 Å². The number of carbonyl (C=O) groups excluding carboxylic acids is 2. The number of nitrogens with one attached hydrogen (secondary N) is 2. The summed E-state index contributed by atoms with van der Waals surface area (Å²) in [4.78, 5) is 35.3. The van der Waals surface area contributed by atoms with Crippen molar-refractivity contribution in [3.63, 3.8) is 0 Å². The van der Waals surface area contributed by atoms with Crippen LogP contribution in [-0.4, -0.2) is 59.3 Å². The molecule has 1 fully saturated rings. The molecule has 0 aliphatic carbocycles. The van der Waals surface area contributed by atoms with E-state index in [1.54, 1.807) is 24.4 Å². The first-order valence-electron chi connectivity index (χ1n) is 13.6. The number of thiophene rings is 1. The average molecular weight is 594 g/mol. The van der Waals surface area contributed by atoms with E-state index in [0.717, 1.165) is 36.1 Å². The van der Waals surface area contributed by atoms with Gasteiger partial charge in [-0.25, -0.2) is 0 Å². The third-order valence-corrected chi connectivity index (χ3v) is 8.09. The lowest BCUT2D eigenvalue weighted by atomic mass is 10.0. The number of carbonyl (C=O) groups is 2. The second-order valence-electron chi connectivity index (χ2n) is 10.0. The molecule has 2 amide bonds. The van der Waals surface area contributed by atoms with Crippen LogP contribution in [0, 0.1) is 0 Å². The summed E-state index contributed by atoms with van der Waals surface area (Å²) in [5.41, 5.74) is 1.16. The summed E-state index contributed by atoms with van der Waals surface area (Å²) in [5, 5.41) is 7.27. The van der Waals surface area contributed by atoms with Crippen molar-refractivity contribution < 1.29 is 22.8 Å². The molecule has 3 heterocycles. The van der Waals surface area contributed by atoms with E-state index in [1.807, 2.05) is 22.4 Å². The number of piperazine rings is 1. The summed E-state index contributed by atoms with van der Waals surface area (Å²) in [6.45, 7) is 6.23. The summed E-state index contributed by atoms with van der Waals surface area (Å²) >= 11 is 1.54. The SMILES string of the molecule is CCN1CCN(Cc2ccc(NC(=O)c3cccc(NC(=O)c4cncc(-c5cccs5)c4)c3)cc2C(F)(F)F)CC1. The highest BCUT2D eigenvalue weighted by atomic mass is 32.1. The summed E-state index contributed by atoms with van der Waals surface area (Å²) in [5.74, 6) is -0.996. The van der Waals surface area contributed by atoms with Gasteiger partial charge >= 0.3 is 6.18 Å². The Morgan fingerprint density at radius 1 is 0.857 bits per heavy atom. The van der Waals surface area contributed by atoms with Crippen LogP contribution in [0.3, 0.4) is 0 Å². The van der Waals surface area contributed by atoms with Crippen molar-refractivity contribution in [1.82, 2.24) is 14.8 Å². The molecule has 0 unspecified atom stereocenters. The van der Waals surface area contributed by atoms with Gasteiger partial charge < -0.3 is 15.5 Å². The van der Waals surface area contributed by atoms with Crippen LogP contribution in [0.5, 0.6) is 0 Å². The molecule has 4 aromatic rings. The number of anilines is 2. The van der Waals surface area contributed by atoms with Gasteiger partial charge in [0.05, 0.1) is 11.1 Å². The normalized spacial score (nSPS) is 14.5. The predicted octanol–water partition coefficient (Wildman–Crippen LogP) is 6.47. The summed E-state index contributed by atoms with van der Waals surface area (Å²) in [7, 11) is 0. The first-order valence-corrected chi connectivity index (χ1v) is 14.4. The topological polar surface area (TPSA) is 77.6 Å². The van der Waals surface area contributed by atoms with Gasteiger partial charge in [-0.1, -0.05) is 25.1 Å². The van der Waals surface area contributed by atoms with Crippen LogP contribution in [0.25, 0.3) is 10.4 Å². The monoisotopic (exact) mass is 593 g/mol. The number of pyridine rings is 1. The maximum absolute atomic E-state index is 14.0. The quantitative estimate of drug-likeness (QED) is 0.245. The molecule has 42 heavy (non-hydrogen) atoms. The van der Waals surface area contributed by atoms with Gasteiger partial charge in [0.2, 0.25) is 0 Å². The van der Waals surface area contributed by atoms with Crippen molar-refractivity contribution in [1.29, 1.82) is 0 Å². The van der Waals surface area contributed by atoms with Crippen molar-refractivity contribution >= 4 is 34.5 Å². The van der Waals surface area contributed by atoms with E-state index in [-0.39, 0.29) is 23.4 Å². The van der Waals surface area contributed by atoms with E-state index in [2.05, 4.69) is 27.4 Å². The molecule has 218 valence electrons. The second-order valence-corrected chi connectivity index (χ2v) is 11.0. The zero-order valence-corrected chi connectivity index (χ0v) is 23.8. The molecule has 0 bridgehead atoms. The Kier molecular flexibility index (Phi) is 9.00. The highest BCUT2D eigenvalue weighted by Crippen LogP contribution is 2.35. The lowest BCUT2D eigenvalue weighted by Crippen LogP contribution is -2.45. The van der Waals surface area contributed by atoms with Crippen LogP contribution >= 0.6 is 11.3 Å². The van der Waals surface area contributed by atoms with Crippen molar-refractivity contribution in [2.45, 2.75) is 19.6 Å². The van der Waals surface area contributed by atoms with Crippen LogP contribution in [-0.2, 0) is 12.7 Å². The Balaban J connectivity index is 1.27. The number of aromatic nitrogens is 1. The summed E-state index contributed by atoms with van der Waals surface area (Å²) < 4.78 is 42.0. The molecule has 2 N–H and O–H groups in total. The molecule has 1 aliphatic heterocycles. The summed E-state index contributed by atoms with van der Waals surface area (Å²) in [6, 6.07) is 15.7. The van der Waals surface area contributed by atoms with Gasteiger partial charge in [0.15, 0.2) is 0 Å². The molecule has 2 aromatic carbocycles. The van der Waals surface area contributed by atoms with Gasteiger partial charge in [-0.05, 0) is 60.0 Å². The molecule has 0 spiro atoms. The molecular formula is C31H30F3N5O2S. The largest absolute Gasteiger partial charge is 0.416 e. The molecule has 0 saturated carbocycles. The smallest absolute Gasteiger partial charge is 0.322 e. The Bertz CT molecular complexity index is 1550. The van der Waals surface area contributed by atoms with Gasteiger partial charge in [-0.3, -0.25) is 19.5 Å². The molecular weight excluding hydrogens is 563 g/mol. The number of nitrogens with zero attached hydrogens (tertiary/aromatic N) is 3. The van der Waals surface area contributed by atoms with E-state index in [0.29, 0.717) is 24.3 Å². The zero-order valence-electron chi connectivity index (χ0n) is 22.9. The van der Waals surface area contributed by atoms with Gasteiger partial charge in [0, 0.05) is 72.5 Å². The molecule has 7 nitrogen and oxygen atoms in total. The van der Waals surface area contributed by atoms with Crippen molar-refractivity contribution in [3.8, 4) is 10.4 Å². The lowest BCUT2D eigenvalue weighted by molar-refractivity contribution is -0.138. The van der Waals surface area contributed by atoms with Crippen molar-refractivity contribution in [3.05, 3.63) is 101 Å². The van der Waals surface area contributed by atoms with E-state index < -0.39 is 23.6 Å². The lowest BCUT2D eigenvalue weighted by Gasteiger charge is -2.34. The number of halogens is 3. The van der Waals surface area contributed by atoms with E-state index in [4.69, 9.17) is 0 Å². The first kappa shape index (κ1) is 29.4. The minimum Gasteiger partial charge on any atom is -0.322 e. The zero-order chi connectivity index (χ0) is 29.7. The maximum atomic E-state index is 14.0. The number of hydrogen-bond donors (Lipinski definition) is 2. The predicted molar refractivity (Wildman–Crippen MR) is 159 cm³/mol. The third kappa shape index (κ3) is 7.22. The molecule has 5 rings (SSSR count). The van der Waals surface area contributed by atoms with E-state index in [9.17, 15) is 22.8 Å². The Morgan fingerprint density at radius 2 is 1.57 bits per heavy atom. The highest BCUT2D eigenvalue weighted by molar-refractivity contribution is 7.13. The number of rotatable bonds is 8. The van der Waals surface area contributed by atoms with Crippen LogP contribution in [0.4, 0.5) is 24.5 Å². The van der Waals surface area contributed by atoms with Gasteiger partial charge in [0.1, 0.15) is 0 Å². The Morgan fingerprint density at radius 3 is 2.26 bits per heavy atom. The fourth-order valence-electron chi connectivity index (χ4n) is 4.85. The molecule has 0 atom stereocenters. The Hall–Kier alpha value is -4.06. The number of hydrogen-bond acceptors (Lipinski definition) is 6. The van der Waals surface area contributed by atoms with Crippen LogP contribution in [0.1, 0.15) is 38.8 Å². The van der Waals surface area contributed by atoms with Gasteiger partial charge in [0.25, 0.3) is 11.8 Å². The molecule has 2 aromatic heterocycles. The minimum absolute atomic E-state index is 0.0396. The molecule has 1 aliphatic rings. The maximum Gasteiger partial charge on any atom is 0.416 e. The number of likely N-dealkylation sites (N-methyl/N-ethyl adjacent to an activating group) is 1. The molecule has 1 saturated heterocycles. The minimum atomic E-state index is -4.57. The van der Waals surface area contributed by atoms with Crippen LogP contribution in [0.2, 0.25) is 0 Å². The van der Waals surface area contributed by atoms with E-state index in [1.165, 1.54) is 41.8 Å². The number of amides is 2. The standard InChI is InChI=1S/C31H30F3N5O2S/c1-2-38-10-12-39(13-11-38)20-22-8-9-26(17-27(22)31(32,33)34)37-29(40)21-5-3-6-25(16-21)36-30(41)24-15-23(18-35-19-24)28-7-4-14-42-28/h3-9,14-19H,2,10-13,20H2,1H3,(H,36,41)(H,37,40).